The summed E-state index contributed by atoms with van der Waals surface area (Å²) in [6.45, 7) is 9.52. The summed E-state index contributed by atoms with van der Waals surface area (Å²) in [6.07, 6.45) is 3.61. The van der Waals surface area contributed by atoms with Crippen LogP contribution in [0.5, 0.6) is 0 Å². The maximum Gasteiger partial charge on any atom is 0.237 e. The van der Waals surface area contributed by atoms with Crippen molar-refractivity contribution in [3.8, 4) is 0 Å². The summed E-state index contributed by atoms with van der Waals surface area (Å²) in [7, 11) is 0. The highest BCUT2D eigenvalue weighted by Crippen LogP contribution is 2.40. The molecule has 2 aliphatic rings. The molecule has 1 aliphatic carbocycles. The van der Waals surface area contributed by atoms with Gasteiger partial charge in [0.15, 0.2) is 0 Å². The molecule has 1 amide bonds. The molecule has 188 valence electrons. The number of hydrogen-bond donors (Lipinski definition) is 3. The number of rotatable bonds is 6. The fourth-order valence-corrected chi connectivity index (χ4v) is 6.40. The minimum Gasteiger partial charge on any atom is -0.385 e. The van der Waals surface area contributed by atoms with Crippen molar-refractivity contribution in [3.05, 3.63) is 99.1 Å². The first-order valence-corrected chi connectivity index (χ1v) is 13.4. The molecule has 5 rings (SSSR count). The predicted octanol–water partition coefficient (Wildman–Crippen LogP) is 5.67. The third-order valence-electron chi connectivity index (χ3n) is 8.39. The average Bonchev–Trinajstić information content (AvgIpc) is 3.16. The van der Waals surface area contributed by atoms with Gasteiger partial charge in [0.25, 0.3) is 0 Å². The number of anilines is 1. The zero-order valence-corrected chi connectivity index (χ0v) is 22.0. The number of carbonyl (C=O) groups is 1. The lowest BCUT2D eigenvalue weighted by Gasteiger charge is -2.29. The highest BCUT2D eigenvalue weighted by Gasteiger charge is 2.30. The molecular formula is C32H39N3O. The van der Waals surface area contributed by atoms with Crippen molar-refractivity contribution >= 4 is 11.6 Å². The summed E-state index contributed by atoms with van der Waals surface area (Å²) in [5.41, 5.74) is 17.9. The van der Waals surface area contributed by atoms with Crippen LogP contribution in [0.1, 0.15) is 69.8 Å². The standard InChI is InChI=1S/C32H39N3O/c1-19-13-20(2)27(21(3)14-19)18-29(33)32(36)35-31-11-12-34-30-10-9-23(16-28(30)31)15-25-17-24-7-5-6-8-26(24)22(25)4/h5-10,13-14,16,22,25,29,31,34H,11-12,15,17-18,33H2,1-4H3,(H,35,36)/t22?,25?,29-,31+/m0/s1. The Bertz CT molecular complexity index is 1260. The van der Waals surface area contributed by atoms with E-state index in [2.05, 4.69) is 92.9 Å². The van der Waals surface area contributed by atoms with Crippen molar-refractivity contribution in [3.63, 3.8) is 0 Å². The zero-order valence-electron chi connectivity index (χ0n) is 22.0. The van der Waals surface area contributed by atoms with Crippen molar-refractivity contribution in [1.82, 2.24) is 5.32 Å². The first-order chi connectivity index (χ1) is 17.3. The van der Waals surface area contributed by atoms with Crippen molar-refractivity contribution in [2.24, 2.45) is 11.7 Å². The van der Waals surface area contributed by atoms with Crippen LogP contribution in [0.4, 0.5) is 5.69 Å². The molecular weight excluding hydrogens is 442 g/mol. The predicted molar refractivity (Wildman–Crippen MR) is 149 cm³/mol. The van der Waals surface area contributed by atoms with Crippen LogP contribution in [0.3, 0.4) is 0 Å². The molecule has 0 bridgehead atoms. The van der Waals surface area contributed by atoms with Crippen LogP contribution < -0.4 is 16.4 Å². The molecule has 4 nitrogen and oxygen atoms in total. The zero-order chi connectivity index (χ0) is 25.4. The first-order valence-electron chi connectivity index (χ1n) is 13.4. The number of nitrogens with one attached hydrogen (secondary N) is 2. The normalized spacial score (nSPS) is 21.3. The van der Waals surface area contributed by atoms with Crippen LogP contribution in [-0.2, 0) is 24.1 Å². The SMILES string of the molecule is Cc1cc(C)c(C[C@H](N)C(=O)N[C@@H]2CCNc3ccc(CC4Cc5ccccc5C4C)cc32)c(C)c1. The van der Waals surface area contributed by atoms with Gasteiger partial charge < -0.3 is 16.4 Å². The minimum atomic E-state index is -0.565. The van der Waals surface area contributed by atoms with E-state index in [1.807, 2.05) is 0 Å². The number of aryl methyl sites for hydroxylation is 3. The third kappa shape index (κ3) is 4.92. The van der Waals surface area contributed by atoms with Crippen molar-refractivity contribution in [1.29, 1.82) is 0 Å². The van der Waals surface area contributed by atoms with E-state index in [0.717, 1.165) is 31.5 Å². The molecule has 3 aromatic carbocycles. The quantitative estimate of drug-likeness (QED) is 0.425. The molecule has 1 aliphatic heterocycles. The highest BCUT2D eigenvalue weighted by atomic mass is 16.2. The summed E-state index contributed by atoms with van der Waals surface area (Å²) in [4.78, 5) is 13.2. The number of hydrogen-bond acceptors (Lipinski definition) is 3. The molecule has 4 N–H and O–H groups in total. The first kappa shape index (κ1) is 24.6. The van der Waals surface area contributed by atoms with Gasteiger partial charge in [0, 0.05) is 12.2 Å². The Labute approximate surface area is 215 Å². The molecule has 0 saturated carbocycles. The van der Waals surface area contributed by atoms with E-state index in [-0.39, 0.29) is 11.9 Å². The lowest BCUT2D eigenvalue weighted by molar-refractivity contribution is -0.123. The van der Waals surface area contributed by atoms with Crippen LogP contribution in [0.25, 0.3) is 0 Å². The van der Waals surface area contributed by atoms with E-state index in [4.69, 9.17) is 5.73 Å². The van der Waals surface area contributed by atoms with Crippen molar-refractivity contribution in [2.45, 2.75) is 71.4 Å². The second-order valence-electron chi connectivity index (χ2n) is 11.0. The van der Waals surface area contributed by atoms with Gasteiger partial charge in [-0.15, -0.1) is 0 Å². The number of benzene rings is 3. The van der Waals surface area contributed by atoms with Crippen LogP contribution in [0, 0.1) is 26.7 Å². The molecule has 36 heavy (non-hydrogen) atoms. The van der Waals surface area contributed by atoms with Gasteiger partial charge in [-0.1, -0.05) is 61.0 Å². The van der Waals surface area contributed by atoms with Gasteiger partial charge in [-0.25, -0.2) is 0 Å². The van der Waals surface area contributed by atoms with E-state index in [1.54, 1.807) is 0 Å². The molecule has 0 radical (unpaired) electrons. The Morgan fingerprint density at radius 1 is 1.06 bits per heavy atom. The molecule has 1 heterocycles. The van der Waals surface area contributed by atoms with E-state index in [1.165, 1.54) is 44.5 Å². The number of carbonyl (C=O) groups excluding carboxylic acids is 1. The molecule has 0 aromatic heterocycles. The highest BCUT2D eigenvalue weighted by molar-refractivity contribution is 5.82. The second kappa shape index (κ2) is 10.1. The number of fused-ring (bicyclic) bond motifs is 2. The van der Waals surface area contributed by atoms with Crippen molar-refractivity contribution < 1.29 is 4.79 Å². The van der Waals surface area contributed by atoms with Gasteiger partial charge >= 0.3 is 0 Å². The topological polar surface area (TPSA) is 67.2 Å². The van der Waals surface area contributed by atoms with Gasteiger partial charge in [-0.05, 0) is 103 Å². The van der Waals surface area contributed by atoms with Gasteiger partial charge in [0.1, 0.15) is 0 Å². The summed E-state index contributed by atoms with van der Waals surface area (Å²) in [5, 5.41) is 6.80. The van der Waals surface area contributed by atoms with E-state index in [0.29, 0.717) is 18.3 Å². The molecule has 0 fully saturated rings. The molecule has 4 heteroatoms. The lowest BCUT2D eigenvalue weighted by Crippen LogP contribution is -2.44. The minimum absolute atomic E-state index is 0.0156. The lowest BCUT2D eigenvalue weighted by atomic mass is 9.87. The smallest absolute Gasteiger partial charge is 0.237 e. The van der Waals surface area contributed by atoms with Gasteiger partial charge in [0.2, 0.25) is 5.91 Å². The van der Waals surface area contributed by atoms with E-state index < -0.39 is 6.04 Å². The summed E-state index contributed by atoms with van der Waals surface area (Å²) in [6, 6.07) is 19.4. The Morgan fingerprint density at radius 2 is 1.81 bits per heavy atom. The van der Waals surface area contributed by atoms with E-state index in [9.17, 15) is 4.79 Å². The fourth-order valence-electron chi connectivity index (χ4n) is 6.40. The van der Waals surface area contributed by atoms with Crippen molar-refractivity contribution in [2.75, 3.05) is 11.9 Å². The van der Waals surface area contributed by atoms with Crippen LogP contribution in [0.15, 0.2) is 54.6 Å². The Kier molecular flexibility index (Phi) is 6.90. The largest absolute Gasteiger partial charge is 0.385 e. The van der Waals surface area contributed by atoms with Crippen LogP contribution in [-0.4, -0.2) is 18.5 Å². The monoisotopic (exact) mass is 481 g/mol. The van der Waals surface area contributed by atoms with E-state index >= 15 is 0 Å². The molecule has 2 unspecified atom stereocenters. The summed E-state index contributed by atoms with van der Waals surface area (Å²) in [5.74, 6) is 1.11. The number of amides is 1. The Balaban J connectivity index is 1.28. The van der Waals surface area contributed by atoms with Gasteiger partial charge in [-0.3, -0.25) is 4.79 Å². The Hall–Kier alpha value is -3.11. The fraction of sp³-hybridized carbons (Fsp3) is 0.406. The average molecular weight is 482 g/mol. The van der Waals surface area contributed by atoms with Crippen LogP contribution >= 0.6 is 0 Å². The molecule has 4 atom stereocenters. The van der Waals surface area contributed by atoms with Gasteiger partial charge in [0.05, 0.1) is 12.1 Å². The molecule has 3 aromatic rings. The second-order valence-corrected chi connectivity index (χ2v) is 11.0. The Morgan fingerprint density at radius 3 is 2.56 bits per heavy atom. The molecule has 0 saturated heterocycles. The maximum absolute atomic E-state index is 13.2. The van der Waals surface area contributed by atoms with Gasteiger partial charge in [-0.2, -0.15) is 0 Å². The summed E-state index contributed by atoms with van der Waals surface area (Å²) < 4.78 is 0. The maximum atomic E-state index is 13.2. The summed E-state index contributed by atoms with van der Waals surface area (Å²) >= 11 is 0. The number of nitrogens with two attached hydrogens (primary N) is 1. The van der Waals surface area contributed by atoms with Crippen LogP contribution in [0.2, 0.25) is 0 Å². The molecule has 0 spiro atoms. The third-order valence-corrected chi connectivity index (χ3v) is 8.39.